The number of quaternary nitrogens is 1. The number of ether oxygens (including phenoxy) is 2. The molecule has 2 unspecified atom stereocenters. The van der Waals surface area contributed by atoms with E-state index >= 15 is 0 Å². The number of phosphoric ester groups is 1. The van der Waals surface area contributed by atoms with Gasteiger partial charge in [-0.15, -0.1) is 0 Å². The molecule has 1 N–H and O–H groups in total. The number of phosphoric acid groups is 1. The van der Waals surface area contributed by atoms with Crippen molar-refractivity contribution in [1.82, 2.24) is 0 Å². The van der Waals surface area contributed by atoms with Crippen LogP contribution in [0.4, 0.5) is 0 Å². The summed E-state index contributed by atoms with van der Waals surface area (Å²) >= 11 is 0. The van der Waals surface area contributed by atoms with E-state index in [2.05, 4.69) is 123 Å². The van der Waals surface area contributed by atoms with Gasteiger partial charge < -0.3 is 18.9 Å². The Bertz CT molecular complexity index is 1400. The lowest BCUT2D eigenvalue weighted by molar-refractivity contribution is -0.870. The lowest BCUT2D eigenvalue weighted by atomic mass is 10.1. The Morgan fingerprint density at radius 2 is 0.846 bits per heavy atom. The van der Waals surface area contributed by atoms with Crippen molar-refractivity contribution in [3.05, 3.63) is 109 Å². The molecule has 2 atom stereocenters. The average molecular weight is 927 g/mol. The normalized spacial score (nSPS) is 14.5. The molecule has 65 heavy (non-hydrogen) atoms. The molecule has 0 spiro atoms. The highest BCUT2D eigenvalue weighted by molar-refractivity contribution is 7.47. The highest BCUT2D eigenvalue weighted by atomic mass is 31.2. The van der Waals surface area contributed by atoms with E-state index in [4.69, 9.17) is 18.5 Å². The summed E-state index contributed by atoms with van der Waals surface area (Å²) in [5.41, 5.74) is 0. The van der Waals surface area contributed by atoms with Crippen molar-refractivity contribution in [2.75, 3.05) is 54.1 Å². The van der Waals surface area contributed by atoms with Gasteiger partial charge in [-0.1, -0.05) is 187 Å². The first-order chi connectivity index (χ1) is 31.6. The minimum Gasteiger partial charge on any atom is -0.457 e. The predicted octanol–water partition coefficient (Wildman–Crippen LogP) is 15.9. The Kier molecular flexibility index (Phi) is 45.6. The number of unbranched alkanes of at least 4 members (excludes halogenated alkanes) is 14. The smallest absolute Gasteiger partial charge is 0.457 e. The van der Waals surface area contributed by atoms with Gasteiger partial charge in [-0.05, 0) is 96.3 Å². The molecule has 0 saturated carbocycles. The third kappa shape index (κ3) is 52.0. The summed E-state index contributed by atoms with van der Waals surface area (Å²) in [5, 5.41) is 0. The first-order valence-corrected chi connectivity index (χ1v) is 27.1. The Labute approximate surface area is 400 Å². The van der Waals surface area contributed by atoms with Crippen LogP contribution in [0.5, 0.6) is 0 Å². The maximum Gasteiger partial charge on any atom is 0.472 e. The van der Waals surface area contributed by atoms with Crippen molar-refractivity contribution < 1.29 is 37.3 Å². The second-order valence-electron chi connectivity index (χ2n) is 17.8. The fourth-order valence-corrected chi connectivity index (χ4v) is 7.19. The first-order valence-electron chi connectivity index (χ1n) is 25.6. The molecule has 0 aliphatic rings. The monoisotopic (exact) mass is 927 g/mol. The van der Waals surface area contributed by atoms with Crippen molar-refractivity contribution in [3.8, 4) is 0 Å². The van der Waals surface area contributed by atoms with Crippen molar-refractivity contribution in [2.45, 2.75) is 187 Å². The van der Waals surface area contributed by atoms with Crippen LogP contribution >= 0.6 is 7.82 Å². The minimum absolute atomic E-state index is 0.0773. The molecule has 0 fully saturated rings. The maximum absolute atomic E-state index is 12.8. The third-order valence-electron chi connectivity index (χ3n) is 10.3. The van der Waals surface area contributed by atoms with Crippen LogP contribution in [-0.2, 0) is 27.9 Å². The zero-order valence-corrected chi connectivity index (χ0v) is 43.1. The van der Waals surface area contributed by atoms with Crippen molar-refractivity contribution in [3.63, 3.8) is 0 Å². The van der Waals surface area contributed by atoms with Crippen molar-refractivity contribution in [2.24, 2.45) is 0 Å². The van der Waals surface area contributed by atoms with Crippen LogP contribution in [0.1, 0.15) is 181 Å². The molecule has 0 amide bonds. The molecular weight excluding hydrogens is 830 g/mol. The number of esters is 1. The second kappa shape index (κ2) is 47.6. The minimum atomic E-state index is -4.30. The third-order valence-corrected chi connectivity index (χ3v) is 11.3. The highest BCUT2D eigenvalue weighted by Gasteiger charge is 2.26. The van der Waals surface area contributed by atoms with Crippen LogP contribution in [0.15, 0.2) is 109 Å². The average Bonchev–Trinajstić information content (AvgIpc) is 3.27. The molecular formula is C56H97NO7P+. The van der Waals surface area contributed by atoms with Crippen LogP contribution in [-0.4, -0.2) is 75.6 Å². The Hall–Kier alpha value is -2.84. The number of likely N-dealkylation sites (N-methyl/N-ethyl adjacent to an activating group) is 1. The largest absolute Gasteiger partial charge is 0.472 e. The van der Waals surface area contributed by atoms with Crippen LogP contribution < -0.4 is 0 Å². The summed E-state index contributed by atoms with van der Waals surface area (Å²) in [4.78, 5) is 23.0. The van der Waals surface area contributed by atoms with Crippen LogP contribution in [0, 0.1) is 0 Å². The molecule has 9 heteroatoms. The van der Waals surface area contributed by atoms with Crippen molar-refractivity contribution in [1.29, 1.82) is 0 Å². The molecule has 0 aromatic carbocycles. The van der Waals surface area contributed by atoms with Crippen LogP contribution in [0.2, 0.25) is 0 Å². The summed E-state index contributed by atoms with van der Waals surface area (Å²) < 4.78 is 35.1. The van der Waals surface area contributed by atoms with E-state index in [9.17, 15) is 14.3 Å². The molecule has 0 aliphatic carbocycles. The van der Waals surface area contributed by atoms with Gasteiger partial charge in [-0.2, -0.15) is 0 Å². The second-order valence-corrected chi connectivity index (χ2v) is 19.2. The summed E-state index contributed by atoms with van der Waals surface area (Å²) in [7, 11) is 1.63. The van der Waals surface area contributed by atoms with Crippen LogP contribution in [0.25, 0.3) is 0 Å². The fraction of sp³-hybridized carbons (Fsp3) is 0.661. The Morgan fingerprint density at radius 1 is 0.477 bits per heavy atom. The van der Waals surface area contributed by atoms with E-state index in [0.29, 0.717) is 24.1 Å². The highest BCUT2D eigenvalue weighted by Crippen LogP contribution is 2.43. The molecule has 8 nitrogen and oxygen atoms in total. The molecule has 0 aromatic rings. The molecule has 0 heterocycles. The molecule has 372 valence electrons. The van der Waals surface area contributed by atoms with Gasteiger partial charge in [0.25, 0.3) is 0 Å². The van der Waals surface area contributed by atoms with E-state index in [1.807, 2.05) is 21.1 Å². The summed E-state index contributed by atoms with van der Waals surface area (Å²) in [6.45, 7) is 5.34. The number of hydrogen-bond donors (Lipinski definition) is 1. The molecule has 0 radical (unpaired) electrons. The van der Waals surface area contributed by atoms with Gasteiger partial charge in [0.15, 0.2) is 0 Å². The Balaban J connectivity index is 4.22. The standard InChI is InChI=1S/C56H96NO7P/c1-6-8-10-12-14-16-18-20-22-24-26-27-28-29-30-31-32-33-35-37-39-41-43-45-47-49-56(58)64-55(54-63-65(59,60)62-52-50-57(3,4)5)53-61-51-48-46-44-42-40-38-36-34-25-23-21-19-17-15-13-11-9-7-2/h8-11,14-17,20-23,26-27,29-30,32-33,55H,6-7,12-13,18-19,24-25,28,31,34-54H2,1-5H3/p+1/b10-8-,11-9-,16-14-,17-15-,22-20-,23-21-,27-26-,30-29-,33-32-. The Morgan fingerprint density at radius 3 is 1.26 bits per heavy atom. The SMILES string of the molecule is CC/C=C\C/C=C\C/C=C\C/C=C\C/C=C\C/C=C\CCCCCCCCC(=O)OC(COCCCCCCCCCC/C=C\C/C=C\C/C=C\CC)COP(=O)(O)OCC[N+](C)(C)C. The summed E-state index contributed by atoms with van der Waals surface area (Å²) in [6.07, 6.45) is 67.0. The fourth-order valence-electron chi connectivity index (χ4n) is 6.45. The van der Waals surface area contributed by atoms with E-state index < -0.39 is 13.9 Å². The van der Waals surface area contributed by atoms with Crippen LogP contribution in [0.3, 0.4) is 0 Å². The molecule has 0 aromatic heterocycles. The summed E-state index contributed by atoms with van der Waals surface area (Å²) in [6, 6.07) is 0. The van der Waals surface area contributed by atoms with Gasteiger partial charge in [0.2, 0.25) is 0 Å². The molecule has 0 rings (SSSR count). The quantitative estimate of drug-likeness (QED) is 0.0214. The van der Waals surface area contributed by atoms with Gasteiger partial charge in [0, 0.05) is 13.0 Å². The van der Waals surface area contributed by atoms with Gasteiger partial charge in [0.05, 0.1) is 34.4 Å². The number of carbonyl (C=O) groups excluding carboxylic acids is 1. The number of nitrogens with zero attached hydrogens (tertiary/aromatic N) is 1. The number of hydrogen-bond acceptors (Lipinski definition) is 6. The van der Waals surface area contributed by atoms with Crippen molar-refractivity contribution >= 4 is 13.8 Å². The molecule has 0 aliphatic heterocycles. The summed E-state index contributed by atoms with van der Waals surface area (Å²) in [5.74, 6) is -0.335. The van der Waals surface area contributed by atoms with E-state index in [1.54, 1.807) is 0 Å². The maximum atomic E-state index is 12.8. The zero-order chi connectivity index (χ0) is 47.6. The van der Waals surface area contributed by atoms with E-state index in [-0.39, 0.29) is 25.8 Å². The number of allylic oxidation sites excluding steroid dienone is 18. The number of rotatable bonds is 46. The van der Waals surface area contributed by atoms with Gasteiger partial charge >= 0.3 is 13.8 Å². The number of carbonyl (C=O) groups is 1. The van der Waals surface area contributed by atoms with E-state index in [0.717, 1.165) is 109 Å². The van der Waals surface area contributed by atoms with E-state index in [1.165, 1.54) is 51.4 Å². The molecule has 0 bridgehead atoms. The van der Waals surface area contributed by atoms with Gasteiger partial charge in [-0.3, -0.25) is 13.8 Å². The van der Waals surface area contributed by atoms with Gasteiger partial charge in [0.1, 0.15) is 19.3 Å². The zero-order valence-electron chi connectivity index (χ0n) is 42.2. The molecule has 0 saturated heterocycles. The lowest BCUT2D eigenvalue weighted by Crippen LogP contribution is -2.37. The predicted molar refractivity (Wildman–Crippen MR) is 279 cm³/mol. The first kappa shape index (κ1) is 62.2. The lowest BCUT2D eigenvalue weighted by Gasteiger charge is -2.24. The van der Waals surface area contributed by atoms with Gasteiger partial charge in [-0.25, -0.2) is 4.57 Å². The topological polar surface area (TPSA) is 91.3 Å².